The smallest absolute Gasteiger partial charge is 0.0244 e. The van der Waals surface area contributed by atoms with Crippen LogP contribution < -0.4 is 5.32 Å². The molecule has 0 bridgehead atoms. The minimum atomic E-state index is 0.923. The molecule has 0 unspecified atom stereocenters. The van der Waals surface area contributed by atoms with Crippen LogP contribution in [0.15, 0.2) is 22.7 Å². The third-order valence-corrected chi connectivity index (χ3v) is 3.91. The summed E-state index contributed by atoms with van der Waals surface area (Å²) in [7, 11) is 1.98. The molecule has 18 heavy (non-hydrogen) atoms. The molecule has 0 aromatic heterocycles. The van der Waals surface area contributed by atoms with Crippen molar-refractivity contribution in [1.29, 1.82) is 0 Å². The normalized spacial score (nSPS) is 11.2. The standard InChI is InChI=1S/C15H25BrN2/c1-4-6-9-18(5-2)12-14-8-7-13(11-17-3)10-15(14)16/h7-8,10,17H,4-6,9,11-12H2,1-3H3. The molecule has 3 heteroatoms. The summed E-state index contributed by atoms with van der Waals surface area (Å²) in [4.78, 5) is 2.50. The molecule has 1 aromatic rings. The average molecular weight is 313 g/mol. The predicted molar refractivity (Wildman–Crippen MR) is 82.8 cm³/mol. The highest BCUT2D eigenvalue weighted by Gasteiger charge is 2.06. The Labute approximate surface area is 120 Å². The van der Waals surface area contributed by atoms with Crippen molar-refractivity contribution in [2.45, 2.75) is 39.8 Å². The van der Waals surface area contributed by atoms with E-state index < -0.39 is 0 Å². The van der Waals surface area contributed by atoms with Crippen LogP contribution >= 0.6 is 15.9 Å². The van der Waals surface area contributed by atoms with Crippen LogP contribution in [-0.4, -0.2) is 25.0 Å². The summed E-state index contributed by atoms with van der Waals surface area (Å²) in [6.07, 6.45) is 2.54. The van der Waals surface area contributed by atoms with E-state index in [2.05, 4.69) is 58.2 Å². The van der Waals surface area contributed by atoms with Crippen LogP contribution in [0.4, 0.5) is 0 Å². The van der Waals surface area contributed by atoms with Gasteiger partial charge in [-0.2, -0.15) is 0 Å². The second-order valence-electron chi connectivity index (χ2n) is 4.68. The highest BCUT2D eigenvalue weighted by Crippen LogP contribution is 2.20. The molecule has 0 amide bonds. The van der Waals surface area contributed by atoms with Crippen LogP contribution in [-0.2, 0) is 13.1 Å². The van der Waals surface area contributed by atoms with Crippen molar-refractivity contribution >= 4 is 15.9 Å². The first-order valence-electron chi connectivity index (χ1n) is 6.85. The summed E-state index contributed by atoms with van der Waals surface area (Å²) in [5.74, 6) is 0. The first-order chi connectivity index (χ1) is 8.71. The molecule has 1 aromatic carbocycles. The molecule has 0 radical (unpaired) electrons. The van der Waals surface area contributed by atoms with Gasteiger partial charge in [0.1, 0.15) is 0 Å². The van der Waals surface area contributed by atoms with E-state index in [0.717, 1.165) is 19.6 Å². The van der Waals surface area contributed by atoms with Gasteiger partial charge in [-0.25, -0.2) is 0 Å². The Morgan fingerprint density at radius 3 is 2.61 bits per heavy atom. The highest BCUT2D eigenvalue weighted by atomic mass is 79.9. The summed E-state index contributed by atoms with van der Waals surface area (Å²) < 4.78 is 1.23. The summed E-state index contributed by atoms with van der Waals surface area (Å²) in [5.41, 5.74) is 2.71. The second kappa shape index (κ2) is 8.68. The zero-order valence-electron chi connectivity index (χ0n) is 11.8. The molecular formula is C15H25BrN2. The van der Waals surface area contributed by atoms with E-state index in [-0.39, 0.29) is 0 Å². The van der Waals surface area contributed by atoms with E-state index >= 15 is 0 Å². The summed E-state index contributed by atoms with van der Waals surface area (Å²) in [5, 5.41) is 3.18. The number of nitrogens with zero attached hydrogens (tertiary/aromatic N) is 1. The van der Waals surface area contributed by atoms with Crippen molar-refractivity contribution in [2.75, 3.05) is 20.1 Å². The molecule has 0 aliphatic carbocycles. The van der Waals surface area contributed by atoms with Crippen LogP contribution in [0, 0.1) is 0 Å². The molecule has 102 valence electrons. The summed E-state index contributed by atoms with van der Waals surface area (Å²) in [6.45, 7) is 8.75. The lowest BCUT2D eigenvalue weighted by Gasteiger charge is -2.21. The number of rotatable bonds is 8. The number of halogens is 1. The Balaban J connectivity index is 2.65. The van der Waals surface area contributed by atoms with Gasteiger partial charge in [-0.05, 0) is 43.8 Å². The zero-order valence-corrected chi connectivity index (χ0v) is 13.4. The van der Waals surface area contributed by atoms with E-state index in [1.54, 1.807) is 0 Å². The van der Waals surface area contributed by atoms with E-state index in [0.29, 0.717) is 0 Å². The van der Waals surface area contributed by atoms with Crippen LogP contribution in [0.5, 0.6) is 0 Å². The van der Waals surface area contributed by atoms with Gasteiger partial charge in [0.15, 0.2) is 0 Å². The molecule has 0 saturated carbocycles. The van der Waals surface area contributed by atoms with Gasteiger partial charge in [0.05, 0.1) is 0 Å². The van der Waals surface area contributed by atoms with E-state index in [4.69, 9.17) is 0 Å². The fourth-order valence-corrected chi connectivity index (χ4v) is 2.56. The van der Waals surface area contributed by atoms with Gasteiger partial charge in [-0.3, -0.25) is 4.90 Å². The van der Waals surface area contributed by atoms with Gasteiger partial charge in [-0.15, -0.1) is 0 Å². The third kappa shape index (κ3) is 5.09. The molecule has 0 aliphatic rings. The molecule has 0 atom stereocenters. The zero-order chi connectivity index (χ0) is 13.4. The number of benzene rings is 1. The van der Waals surface area contributed by atoms with E-state index in [1.807, 2.05) is 7.05 Å². The molecule has 0 fully saturated rings. The predicted octanol–water partition coefficient (Wildman–Crippen LogP) is 3.79. The van der Waals surface area contributed by atoms with Crippen molar-refractivity contribution in [3.05, 3.63) is 33.8 Å². The Hall–Kier alpha value is -0.380. The maximum Gasteiger partial charge on any atom is 0.0244 e. The van der Waals surface area contributed by atoms with Crippen LogP contribution in [0.3, 0.4) is 0 Å². The Bertz CT molecular complexity index is 352. The first-order valence-corrected chi connectivity index (χ1v) is 7.64. The summed E-state index contributed by atoms with van der Waals surface area (Å²) in [6, 6.07) is 6.68. The van der Waals surface area contributed by atoms with Crippen molar-refractivity contribution in [3.8, 4) is 0 Å². The number of hydrogen-bond acceptors (Lipinski definition) is 2. The van der Waals surface area contributed by atoms with E-state index in [1.165, 1.54) is 35.0 Å². The SMILES string of the molecule is CCCCN(CC)Cc1ccc(CNC)cc1Br. The molecule has 0 saturated heterocycles. The largest absolute Gasteiger partial charge is 0.316 e. The molecule has 1 N–H and O–H groups in total. The third-order valence-electron chi connectivity index (χ3n) is 3.17. The number of nitrogens with one attached hydrogen (secondary N) is 1. The fraction of sp³-hybridized carbons (Fsp3) is 0.600. The van der Waals surface area contributed by atoms with Gasteiger partial charge in [-0.1, -0.05) is 48.3 Å². The van der Waals surface area contributed by atoms with Gasteiger partial charge < -0.3 is 5.32 Å². The monoisotopic (exact) mass is 312 g/mol. The van der Waals surface area contributed by atoms with Gasteiger partial charge >= 0.3 is 0 Å². The van der Waals surface area contributed by atoms with Gasteiger partial charge in [0, 0.05) is 17.6 Å². The van der Waals surface area contributed by atoms with E-state index in [9.17, 15) is 0 Å². The van der Waals surface area contributed by atoms with Gasteiger partial charge in [0.2, 0.25) is 0 Å². The van der Waals surface area contributed by atoms with Crippen LogP contribution in [0.1, 0.15) is 37.8 Å². The molecule has 2 nitrogen and oxygen atoms in total. The minimum Gasteiger partial charge on any atom is -0.316 e. The van der Waals surface area contributed by atoms with Crippen molar-refractivity contribution in [3.63, 3.8) is 0 Å². The molecule has 0 spiro atoms. The molecular weight excluding hydrogens is 288 g/mol. The Morgan fingerprint density at radius 1 is 1.28 bits per heavy atom. The lowest BCUT2D eigenvalue weighted by molar-refractivity contribution is 0.275. The summed E-state index contributed by atoms with van der Waals surface area (Å²) >= 11 is 3.69. The Kier molecular flexibility index (Phi) is 7.56. The fourth-order valence-electron chi connectivity index (χ4n) is 2.00. The topological polar surface area (TPSA) is 15.3 Å². The maximum atomic E-state index is 3.69. The molecule has 0 heterocycles. The Morgan fingerprint density at radius 2 is 2.06 bits per heavy atom. The van der Waals surface area contributed by atoms with Gasteiger partial charge in [0.25, 0.3) is 0 Å². The number of unbranched alkanes of at least 4 members (excludes halogenated alkanes) is 1. The molecule has 1 rings (SSSR count). The van der Waals surface area contributed by atoms with Crippen molar-refractivity contribution in [2.24, 2.45) is 0 Å². The van der Waals surface area contributed by atoms with Crippen LogP contribution in [0.25, 0.3) is 0 Å². The lowest BCUT2D eigenvalue weighted by atomic mass is 10.1. The minimum absolute atomic E-state index is 0.923. The van der Waals surface area contributed by atoms with Crippen molar-refractivity contribution < 1.29 is 0 Å². The lowest BCUT2D eigenvalue weighted by Crippen LogP contribution is -2.24. The van der Waals surface area contributed by atoms with Crippen molar-refractivity contribution in [1.82, 2.24) is 10.2 Å². The highest BCUT2D eigenvalue weighted by molar-refractivity contribution is 9.10. The quantitative estimate of drug-likeness (QED) is 0.785. The first kappa shape index (κ1) is 15.7. The average Bonchev–Trinajstić information content (AvgIpc) is 2.37. The number of hydrogen-bond donors (Lipinski definition) is 1. The maximum absolute atomic E-state index is 3.69. The van der Waals surface area contributed by atoms with Crippen LogP contribution in [0.2, 0.25) is 0 Å². The molecule has 0 aliphatic heterocycles. The second-order valence-corrected chi connectivity index (χ2v) is 5.53.